The first kappa shape index (κ1) is 11.6. The molecule has 0 fully saturated rings. The van der Waals surface area contributed by atoms with Gasteiger partial charge < -0.3 is 0 Å². The lowest BCUT2D eigenvalue weighted by atomic mass is 10.0. The molecule has 0 radical (unpaired) electrons. The molecule has 0 N–H and O–H groups in total. The van der Waals surface area contributed by atoms with E-state index in [1.54, 1.807) is 25.1 Å². The highest BCUT2D eigenvalue weighted by atomic mass is 79.9. The van der Waals surface area contributed by atoms with Crippen molar-refractivity contribution in [2.75, 3.05) is 0 Å². The molecule has 1 aliphatic carbocycles. The van der Waals surface area contributed by atoms with Crippen molar-refractivity contribution in [1.82, 2.24) is 9.19 Å². The Morgan fingerprint density at radius 1 is 1.56 bits per heavy atom. The van der Waals surface area contributed by atoms with Gasteiger partial charge in [-0.3, -0.25) is 0 Å². The normalized spacial score (nSPS) is 25.5. The molecule has 6 heteroatoms. The average Bonchev–Trinajstić information content (AvgIpc) is 2.69. The van der Waals surface area contributed by atoms with E-state index in [0.717, 1.165) is 8.57 Å². The monoisotopic (exact) mass is 302 g/mol. The highest BCUT2D eigenvalue weighted by Crippen LogP contribution is 2.33. The molecule has 0 bridgehead atoms. The zero-order chi connectivity index (χ0) is 11.8. The van der Waals surface area contributed by atoms with Crippen LogP contribution in [-0.2, 0) is 10.0 Å². The molecule has 0 saturated heterocycles. The van der Waals surface area contributed by atoms with Crippen molar-refractivity contribution in [3.63, 3.8) is 0 Å². The summed E-state index contributed by atoms with van der Waals surface area (Å²) in [4.78, 5) is 0. The summed E-state index contributed by atoms with van der Waals surface area (Å²) in [5.41, 5.74) is 0. The quantitative estimate of drug-likeness (QED) is 0.840. The zero-order valence-corrected chi connectivity index (χ0v) is 11.1. The fourth-order valence-electron chi connectivity index (χ4n) is 1.60. The summed E-state index contributed by atoms with van der Waals surface area (Å²) < 4.78 is 25.6. The minimum absolute atomic E-state index is 0.422. The summed E-state index contributed by atoms with van der Waals surface area (Å²) >= 11 is 3.34. The minimum atomic E-state index is -3.50. The lowest BCUT2D eigenvalue weighted by Crippen LogP contribution is -2.38. The van der Waals surface area contributed by atoms with Crippen LogP contribution in [0.5, 0.6) is 0 Å². The fourth-order valence-corrected chi connectivity index (χ4v) is 3.94. The maximum atomic E-state index is 12.3. The molecular weight excluding hydrogens is 292 g/mol. The van der Waals surface area contributed by atoms with Crippen LogP contribution in [0.25, 0.3) is 0 Å². The van der Waals surface area contributed by atoms with E-state index in [1.165, 1.54) is 12.4 Å². The molecule has 1 unspecified atom stereocenters. The molecule has 1 atom stereocenters. The van der Waals surface area contributed by atoms with Gasteiger partial charge in [0.15, 0.2) is 0 Å². The van der Waals surface area contributed by atoms with Crippen LogP contribution in [0.2, 0.25) is 0 Å². The number of halogens is 1. The number of rotatable bonds is 2. The molecule has 0 aromatic carbocycles. The summed E-state index contributed by atoms with van der Waals surface area (Å²) in [6.07, 6.45) is 8.61. The van der Waals surface area contributed by atoms with Crippen LogP contribution in [0, 0.1) is 0 Å². The Labute approximate surface area is 103 Å². The van der Waals surface area contributed by atoms with Gasteiger partial charge in [-0.05, 0) is 17.5 Å². The van der Waals surface area contributed by atoms with E-state index in [0.29, 0.717) is 6.42 Å². The van der Waals surface area contributed by atoms with Gasteiger partial charge in [0.2, 0.25) is 0 Å². The van der Waals surface area contributed by atoms with Gasteiger partial charge in [-0.25, -0.2) is 8.42 Å². The molecule has 1 heterocycles. The Balaban J connectivity index is 2.47. The second kappa shape index (κ2) is 3.85. The van der Waals surface area contributed by atoms with E-state index in [1.807, 2.05) is 6.08 Å². The molecule has 86 valence electrons. The van der Waals surface area contributed by atoms with E-state index < -0.39 is 14.8 Å². The molecule has 1 aromatic rings. The average molecular weight is 303 g/mol. The molecule has 4 nitrogen and oxygen atoms in total. The van der Waals surface area contributed by atoms with Gasteiger partial charge in [0.05, 0.1) is 6.20 Å². The van der Waals surface area contributed by atoms with Crippen molar-refractivity contribution in [3.05, 3.63) is 41.2 Å². The molecule has 0 aliphatic heterocycles. The first-order valence-electron chi connectivity index (χ1n) is 4.74. The van der Waals surface area contributed by atoms with Crippen molar-refractivity contribution in [1.29, 1.82) is 0 Å². The van der Waals surface area contributed by atoms with Crippen molar-refractivity contribution < 1.29 is 8.42 Å². The topological polar surface area (TPSA) is 52.0 Å². The standard InChI is InChI=1S/C10H11BrN2O2S/c1-10(5-2-4-9(11)8-10)16(14,15)13-7-3-6-12-13/h2-7H,8H2,1H3. The highest BCUT2D eigenvalue weighted by molar-refractivity contribution is 9.11. The van der Waals surface area contributed by atoms with E-state index in [2.05, 4.69) is 21.0 Å². The summed E-state index contributed by atoms with van der Waals surface area (Å²) in [7, 11) is -3.50. The first-order valence-corrected chi connectivity index (χ1v) is 6.98. The summed E-state index contributed by atoms with van der Waals surface area (Å²) in [5, 5.41) is 3.79. The Morgan fingerprint density at radius 3 is 2.88 bits per heavy atom. The van der Waals surface area contributed by atoms with Crippen LogP contribution in [0.15, 0.2) is 41.2 Å². The van der Waals surface area contributed by atoms with Gasteiger partial charge >= 0.3 is 0 Å². The van der Waals surface area contributed by atoms with E-state index in [9.17, 15) is 8.42 Å². The van der Waals surface area contributed by atoms with Gasteiger partial charge in [-0.1, -0.05) is 34.2 Å². The van der Waals surface area contributed by atoms with Gasteiger partial charge in [-0.2, -0.15) is 9.19 Å². The number of nitrogens with zero attached hydrogens (tertiary/aromatic N) is 2. The third kappa shape index (κ3) is 1.76. The van der Waals surface area contributed by atoms with E-state index >= 15 is 0 Å². The van der Waals surface area contributed by atoms with Gasteiger partial charge in [0.25, 0.3) is 10.0 Å². The third-order valence-corrected chi connectivity index (χ3v) is 5.27. The Kier molecular flexibility index (Phi) is 2.79. The number of hydrogen-bond acceptors (Lipinski definition) is 3. The Morgan fingerprint density at radius 2 is 2.31 bits per heavy atom. The Hall–Kier alpha value is -0.880. The molecular formula is C10H11BrN2O2S. The Bertz CT molecular complexity index is 545. The molecule has 0 amide bonds. The molecule has 2 rings (SSSR count). The lowest BCUT2D eigenvalue weighted by Gasteiger charge is -2.27. The van der Waals surface area contributed by atoms with Crippen LogP contribution in [0.4, 0.5) is 0 Å². The highest BCUT2D eigenvalue weighted by Gasteiger charge is 2.40. The van der Waals surface area contributed by atoms with Crippen LogP contribution < -0.4 is 0 Å². The van der Waals surface area contributed by atoms with Gasteiger partial charge in [0.1, 0.15) is 4.75 Å². The van der Waals surface area contributed by atoms with Crippen LogP contribution in [0.3, 0.4) is 0 Å². The summed E-state index contributed by atoms with van der Waals surface area (Å²) in [5.74, 6) is 0. The smallest absolute Gasteiger partial charge is 0.204 e. The van der Waals surface area contributed by atoms with Crippen molar-refractivity contribution in [2.24, 2.45) is 0 Å². The summed E-state index contributed by atoms with van der Waals surface area (Å²) in [6.45, 7) is 1.69. The van der Waals surface area contributed by atoms with Crippen molar-refractivity contribution in [2.45, 2.75) is 18.1 Å². The van der Waals surface area contributed by atoms with Gasteiger partial charge in [-0.15, -0.1) is 0 Å². The molecule has 16 heavy (non-hydrogen) atoms. The predicted octanol–water partition coefficient (Wildman–Crippen LogP) is 2.06. The van der Waals surface area contributed by atoms with E-state index in [4.69, 9.17) is 0 Å². The lowest BCUT2D eigenvalue weighted by molar-refractivity contribution is 0.545. The second-order valence-corrected chi connectivity index (χ2v) is 7.12. The van der Waals surface area contributed by atoms with Crippen molar-refractivity contribution in [3.8, 4) is 0 Å². The molecule has 0 saturated carbocycles. The molecule has 0 spiro atoms. The minimum Gasteiger partial charge on any atom is -0.204 e. The van der Waals surface area contributed by atoms with Crippen LogP contribution in [-0.4, -0.2) is 22.4 Å². The fraction of sp³-hybridized carbons (Fsp3) is 0.300. The SMILES string of the molecule is CC1(S(=O)(=O)n2cccn2)C=CC=C(Br)C1. The maximum absolute atomic E-state index is 12.3. The summed E-state index contributed by atoms with van der Waals surface area (Å²) in [6, 6.07) is 1.60. The zero-order valence-electron chi connectivity index (χ0n) is 8.67. The number of aromatic nitrogens is 2. The molecule has 1 aliphatic rings. The van der Waals surface area contributed by atoms with Gasteiger partial charge in [0, 0.05) is 12.6 Å². The predicted molar refractivity (Wildman–Crippen MR) is 65.7 cm³/mol. The third-order valence-electron chi connectivity index (χ3n) is 2.56. The largest absolute Gasteiger partial charge is 0.263 e. The van der Waals surface area contributed by atoms with Crippen molar-refractivity contribution >= 4 is 26.0 Å². The van der Waals surface area contributed by atoms with Crippen LogP contribution >= 0.6 is 15.9 Å². The number of hydrogen-bond donors (Lipinski definition) is 0. The van der Waals surface area contributed by atoms with E-state index in [-0.39, 0.29) is 0 Å². The second-order valence-electron chi connectivity index (χ2n) is 3.85. The first-order chi connectivity index (χ1) is 7.46. The molecule has 1 aromatic heterocycles. The number of allylic oxidation sites excluding steroid dienone is 3. The maximum Gasteiger partial charge on any atom is 0.263 e. The van der Waals surface area contributed by atoms with Crippen LogP contribution in [0.1, 0.15) is 13.3 Å².